The van der Waals surface area contributed by atoms with Crippen LogP contribution in [0.25, 0.3) is 0 Å². The van der Waals surface area contributed by atoms with Gasteiger partial charge in [-0.05, 0) is 43.3 Å². The Labute approximate surface area is 159 Å². The molecule has 0 amide bonds. The predicted octanol–water partition coefficient (Wildman–Crippen LogP) is 4.85. The second-order valence-electron chi connectivity index (χ2n) is 5.66. The number of Topliss-reactive ketones (excluding diaryl/α,β-unsaturated/α-hetero) is 1. The van der Waals surface area contributed by atoms with Crippen molar-refractivity contribution in [2.45, 2.75) is 24.6 Å². The van der Waals surface area contributed by atoms with E-state index in [0.29, 0.717) is 5.75 Å². The molecule has 25 heavy (non-hydrogen) atoms. The van der Waals surface area contributed by atoms with Gasteiger partial charge in [0.25, 0.3) is 0 Å². The van der Waals surface area contributed by atoms with E-state index >= 15 is 0 Å². The van der Waals surface area contributed by atoms with Gasteiger partial charge in [0.15, 0.2) is 10.1 Å². The minimum Gasteiger partial charge on any atom is -0.360 e. The second-order valence-corrected chi connectivity index (χ2v) is 8.89. The number of anilines is 1. The van der Waals surface area contributed by atoms with Crippen LogP contribution in [0, 0.1) is 13.8 Å². The molecule has 130 valence electrons. The number of benzene rings is 1. The lowest BCUT2D eigenvalue weighted by atomic mass is 10.0. The van der Waals surface area contributed by atoms with Crippen LogP contribution in [0.3, 0.4) is 0 Å². The molecule has 0 aliphatic heterocycles. The molecule has 7 heteroatoms. The van der Waals surface area contributed by atoms with Crippen molar-refractivity contribution in [3.8, 4) is 0 Å². The minimum atomic E-state index is 0.133. The van der Waals surface area contributed by atoms with E-state index in [9.17, 15) is 4.79 Å². The summed E-state index contributed by atoms with van der Waals surface area (Å²) in [5.41, 5.74) is 2.92. The fourth-order valence-electron chi connectivity index (χ4n) is 2.33. The number of hydrogen-bond donors (Lipinski definition) is 1. The van der Waals surface area contributed by atoms with Crippen molar-refractivity contribution in [3.05, 3.63) is 57.3 Å². The SMILES string of the molecule is Cc1ccc(C)c(C(=O)CSc2nnc(NCCc3cccs3)s2)c1. The maximum Gasteiger partial charge on any atom is 0.206 e. The van der Waals surface area contributed by atoms with Crippen LogP contribution in [0.4, 0.5) is 5.13 Å². The molecule has 2 aromatic heterocycles. The van der Waals surface area contributed by atoms with Gasteiger partial charge in [-0.3, -0.25) is 4.79 Å². The average Bonchev–Trinajstić information content (AvgIpc) is 3.27. The van der Waals surface area contributed by atoms with Crippen LogP contribution in [0.15, 0.2) is 40.1 Å². The molecule has 0 radical (unpaired) electrons. The summed E-state index contributed by atoms with van der Waals surface area (Å²) < 4.78 is 0.817. The van der Waals surface area contributed by atoms with E-state index in [1.807, 2.05) is 32.0 Å². The van der Waals surface area contributed by atoms with Crippen LogP contribution < -0.4 is 5.32 Å². The lowest BCUT2D eigenvalue weighted by Gasteiger charge is -2.05. The van der Waals surface area contributed by atoms with Gasteiger partial charge in [0.1, 0.15) is 0 Å². The third kappa shape index (κ3) is 5.14. The zero-order valence-corrected chi connectivity index (χ0v) is 16.6. The van der Waals surface area contributed by atoms with E-state index < -0.39 is 0 Å². The van der Waals surface area contributed by atoms with E-state index in [0.717, 1.165) is 39.1 Å². The number of ketones is 1. The molecule has 0 atom stereocenters. The number of thiophene rings is 1. The normalized spacial score (nSPS) is 10.8. The summed E-state index contributed by atoms with van der Waals surface area (Å²) in [6.07, 6.45) is 0.977. The highest BCUT2D eigenvalue weighted by atomic mass is 32.2. The summed E-state index contributed by atoms with van der Waals surface area (Å²) in [7, 11) is 0. The van der Waals surface area contributed by atoms with Gasteiger partial charge in [0.05, 0.1) is 5.75 Å². The lowest BCUT2D eigenvalue weighted by Crippen LogP contribution is -2.05. The standard InChI is InChI=1S/C18H19N3OS3/c1-12-5-6-13(2)15(10-12)16(22)11-24-18-21-20-17(25-18)19-8-7-14-4-3-9-23-14/h3-6,9-10H,7-8,11H2,1-2H3,(H,19,20). The molecule has 0 saturated heterocycles. The Morgan fingerprint density at radius 1 is 1.24 bits per heavy atom. The van der Waals surface area contributed by atoms with Crippen molar-refractivity contribution in [3.63, 3.8) is 0 Å². The molecule has 0 fully saturated rings. The fraction of sp³-hybridized carbons (Fsp3) is 0.278. The van der Waals surface area contributed by atoms with Crippen LogP contribution in [0.2, 0.25) is 0 Å². The molecule has 1 N–H and O–H groups in total. The molecule has 0 saturated carbocycles. The fourth-order valence-corrected chi connectivity index (χ4v) is 4.70. The van der Waals surface area contributed by atoms with E-state index in [1.165, 1.54) is 28.0 Å². The summed E-state index contributed by atoms with van der Waals surface area (Å²) in [4.78, 5) is 13.8. The monoisotopic (exact) mass is 389 g/mol. The minimum absolute atomic E-state index is 0.133. The third-order valence-electron chi connectivity index (χ3n) is 3.65. The van der Waals surface area contributed by atoms with Crippen molar-refractivity contribution in [1.29, 1.82) is 0 Å². The largest absolute Gasteiger partial charge is 0.360 e. The summed E-state index contributed by atoms with van der Waals surface area (Å²) in [6, 6.07) is 10.2. The maximum absolute atomic E-state index is 12.4. The summed E-state index contributed by atoms with van der Waals surface area (Å²) >= 11 is 4.70. The smallest absolute Gasteiger partial charge is 0.206 e. The Balaban J connectivity index is 1.49. The zero-order valence-electron chi connectivity index (χ0n) is 14.1. The van der Waals surface area contributed by atoms with Gasteiger partial charge in [-0.2, -0.15) is 0 Å². The molecule has 0 unspecified atom stereocenters. The number of carbonyl (C=O) groups is 1. The van der Waals surface area contributed by atoms with Crippen molar-refractivity contribution in [1.82, 2.24) is 10.2 Å². The van der Waals surface area contributed by atoms with Crippen LogP contribution in [-0.2, 0) is 6.42 Å². The highest BCUT2D eigenvalue weighted by Gasteiger charge is 2.12. The first-order chi connectivity index (χ1) is 12.1. The molecular formula is C18H19N3OS3. The first-order valence-corrected chi connectivity index (χ1v) is 10.6. The Kier molecular flexibility index (Phi) is 6.23. The van der Waals surface area contributed by atoms with E-state index in [4.69, 9.17) is 0 Å². The van der Waals surface area contributed by atoms with Gasteiger partial charge in [-0.15, -0.1) is 21.5 Å². The predicted molar refractivity (Wildman–Crippen MR) is 107 cm³/mol. The van der Waals surface area contributed by atoms with Gasteiger partial charge in [-0.1, -0.05) is 46.9 Å². The Morgan fingerprint density at radius 2 is 2.12 bits per heavy atom. The Morgan fingerprint density at radius 3 is 2.92 bits per heavy atom. The molecule has 0 spiro atoms. The molecule has 3 rings (SSSR count). The van der Waals surface area contributed by atoms with Gasteiger partial charge >= 0.3 is 0 Å². The van der Waals surface area contributed by atoms with Gasteiger partial charge in [0, 0.05) is 17.0 Å². The zero-order chi connectivity index (χ0) is 17.6. The van der Waals surface area contributed by atoms with Crippen molar-refractivity contribution in [2.75, 3.05) is 17.6 Å². The average molecular weight is 390 g/mol. The van der Waals surface area contributed by atoms with Crippen molar-refractivity contribution in [2.24, 2.45) is 0 Å². The number of rotatable bonds is 8. The van der Waals surface area contributed by atoms with Crippen LogP contribution in [0.1, 0.15) is 26.4 Å². The number of hydrogen-bond acceptors (Lipinski definition) is 7. The number of aromatic nitrogens is 2. The Bertz CT molecular complexity index is 843. The number of nitrogens with zero attached hydrogens (tertiary/aromatic N) is 2. The molecule has 3 aromatic rings. The number of aryl methyl sites for hydroxylation is 2. The maximum atomic E-state index is 12.4. The van der Waals surface area contributed by atoms with E-state index in [2.05, 4.69) is 33.0 Å². The molecule has 4 nitrogen and oxygen atoms in total. The molecule has 2 heterocycles. The summed E-state index contributed by atoms with van der Waals surface area (Å²) in [5.74, 6) is 0.516. The van der Waals surface area contributed by atoms with E-state index in [-0.39, 0.29) is 5.78 Å². The van der Waals surface area contributed by atoms with Crippen LogP contribution >= 0.6 is 34.4 Å². The molecule has 0 aliphatic rings. The second kappa shape index (κ2) is 8.60. The summed E-state index contributed by atoms with van der Waals surface area (Å²) in [6.45, 7) is 4.81. The van der Waals surface area contributed by atoms with Gasteiger partial charge < -0.3 is 5.32 Å². The number of carbonyl (C=O) groups excluding carboxylic acids is 1. The van der Waals surface area contributed by atoms with Crippen molar-refractivity contribution >= 4 is 45.4 Å². The quantitative estimate of drug-likeness (QED) is 0.441. The molecular weight excluding hydrogens is 370 g/mol. The highest BCUT2D eigenvalue weighted by molar-refractivity contribution is 8.01. The van der Waals surface area contributed by atoms with Crippen LogP contribution in [0.5, 0.6) is 0 Å². The highest BCUT2D eigenvalue weighted by Crippen LogP contribution is 2.26. The molecule has 0 bridgehead atoms. The number of thioether (sulfide) groups is 1. The van der Waals surface area contributed by atoms with Crippen LogP contribution in [-0.4, -0.2) is 28.3 Å². The summed E-state index contributed by atoms with van der Waals surface area (Å²) in [5, 5.41) is 14.5. The lowest BCUT2D eigenvalue weighted by molar-refractivity contribution is 0.102. The Hall–Kier alpha value is -1.70. The van der Waals surface area contributed by atoms with Gasteiger partial charge in [-0.25, -0.2) is 0 Å². The number of nitrogens with one attached hydrogen (secondary N) is 1. The van der Waals surface area contributed by atoms with Gasteiger partial charge in [0.2, 0.25) is 5.13 Å². The third-order valence-corrected chi connectivity index (χ3v) is 6.60. The van der Waals surface area contributed by atoms with Crippen molar-refractivity contribution < 1.29 is 4.79 Å². The topological polar surface area (TPSA) is 54.9 Å². The first-order valence-electron chi connectivity index (χ1n) is 7.95. The van der Waals surface area contributed by atoms with E-state index in [1.54, 1.807) is 11.3 Å². The molecule has 1 aromatic carbocycles. The first kappa shape index (κ1) is 18.1. The molecule has 0 aliphatic carbocycles.